The molecule has 2 aliphatic rings. The van der Waals surface area contributed by atoms with Crippen LogP contribution in [-0.4, -0.2) is 60.9 Å². The van der Waals surface area contributed by atoms with E-state index in [9.17, 15) is 9.59 Å². The lowest BCUT2D eigenvalue weighted by atomic mass is 9.96. The number of hydrogen-bond donors (Lipinski definition) is 4. The topological polar surface area (TPSA) is 126 Å². The molecule has 1 heterocycles. The summed E-state index contributed by atoms with van der Waals surface area (Å²) >= 11 is 0. The van der Waals surface area contributed by atoms with Gasteiger partial charge in [-0.25, -0.2) is 0 Å². The summed E-state index contributed by atoms with van der Waals surface area (Å²) in [6, 6.07) is 30.3. The molecule has 0 bridgehead atoms. The first kappa shape index (κ1) is 28.4. The fourth-order valence-electron chi connectivity index (χ4n) is 6.46. The fourth-order valence-corrected chi connectivity index (χ4v) is 6.46. The van der Waals surface area contributed by atoms with Gasteiger partial charge in [-0.1, -0.05) is 78.9 Å². The summed E-state index contributed by atoms with van der Waals surface area (Å²) < 4.78 is 0. The summed E-state index contributed by atoms with van der Waals surface area (Å²) in [5.41, 5.74) is 16.7. The summed E-state index contributed by atoms with van der Waals surface area (Å²) in [6.45, 7) is 2.09. The van der Waals surface area contributed by atoms with Gasteiger partial charge in [0, 0.05) is 43.7 Å². The largest absolute Gasteiger partial charge is 0.370 e. The van der Waals surface area contributed by atoms with Crippen molar-refractivity contribution in [2.75, 3.05) is 26.2 Å². The fraction of sp³-hybridized carbons (Fsp3) is 0.286. The Kier molecular flexibility index (Phi) is 8.38. The number of fused-ring (bicyclic) bond motifs is 4. The van der Waals surface area contributed by atoms with E-state index >= 15 is 0 Å². The highest BCUT2D eigenvalue weighted by atomic mass is 16.2. The molecule has 1 saturated heterocycles. The minimum atomic E-state index is -0.397. The van der Waals surface area contributed by atoms with Crippen LogP contribution in [0, 0.1) is 0 Å². The lowest BCUT2D eigenvalue weighted by Crippen LogP contribution is -2.49. The third-order valence-electron chi connectivity index (χ3n) is 8.63. The molecule has 2 amide bonds. The number of amides is 2. The van der Waals surface area contributed by atoms with Crippen molar-refractivity contribution in [3.63, 3.8) is 0 Å². The van der Waals surface area contributed by atoms with Crippen LogP contribution in [0.1, 0.15) is 46.7 Å². The van der Waals surface area contributed by atoms with Crippen molar-refractivity contribution in [1.29, 1.82) is 0 Å². The molecule has 220 valence electrons. The molecular weight excluding hydrogens is 536 g/mol. The monoisotopic (exact) mass is 574 g/mol. The molecule has 8 heteroatoms. The normalized spacial score (nSPS) is 18.1. The Hall–Kier alpha value is -4.69. The molecule has 4 aromatic rings. The summed E-state index contributed by atoms with van der Waals surface area (Å²) in [6.07, 6.45) is 1.99. The van der Waals surface area contributed by atoms with Gasteiger partial charge >= 0.3 is 0 Å². The zero-order valence-electron chi connectivity index (χ0n) is 24.2. The maximum absolute atomic E-state index is 14.0. The molecular formula is C35H38N6O2. The summed E-state index contributed by atoms with van der Waals surface area (Å²) in [5.74, 6) is 0.121. The van der Waals surface area contributed by atoms with Crippen LogP contribution in [0.4, 0.5) is 0 Å². The van der Waals surface area contributed by atoms with E-state index in [1.165, 1.54) is 22.3 Å². The van der Waals surface area contributed by atoms with E-state index in [-0.39, 0.29) is 29.7 Å². The molecule has 6 rings (SSSR count). The number of carbonyl (C=O) groups is 2. The Labute approximate surface area is 252 Å². The Bertz CT molecular complexity index is 1620. The van der Waals surface area contributed by atoms with Crippen molar-refractivity contribution in [1.82, 2.24) is 15.5 Å². The molecule has 0 aromatic heterocycles. The van der Waals surface area contributed by atoms with Crippen LogP contribution in [-0.2, 0) is 4.79 Å². The number of nitrogens with one attached hydrogen (secondary N) is 2. The first-order chi connectivity index (χ1) is 21.0. The molecule has 1 aliphatic heterocycles. The van der Waals surface area contributed by atoms with Gasteiger partial charge < -0.3 is 27.0 Å². The highest BCUT2D eigenvalue weighted by Gasteiger charge is 2.35. The van der Waals surface area contributed by atoms with Crippen LogP contribution in [0.15, 0.2) is 96.0 Å². The number of aliphatic imine (C=N–C) groups is 1. The molecule has 43 heavy (non-hydrogen) atoms. The van der Waals surface area contributed by atoms with Crippen LogP contribution in [0.5, 0.6) is 0 Å². The third-order valence-corrected chi connectivity index (χ3v) is 8.63. The summed E-state index contributed by atoms with van der Waals surface area (Å²) in [7, 11) is 0. The van der Waals surface area contributed by atoms with E-state index in [2.05, 4.69) is 64.2 Å². The van der Waals surface area contributed by atoms with Gasteiger partial charge in [0.25, 0.3) is 5.91 Å². The van der Waals surface area contributed by atoms with Crippen LogP contribution < -0.4 is 22.1 Å². The number of guanidine groups is 1. The van der Waals surface area contributed by atoms with Gasteiger partial charge in [-0.05, 0) is 64.4 Å². The zero-order valence-corrected chi connectivity index (χ0v) is 24.2. The number of nitrogens with two attached hydrogens (primary N) is 2. The highest BCUT2D eigenvalue weighted by molar-refractivity contribution is 5.98. The molecule has 6 N–H and O–H groups in total. The molecule has 0 saturated carbocycles. The lowest BCUT2D eigenvalue weighted by Gasteiger charge is -2.28. The van der Waals surface area contributed by atoms with Gasteiger partial charge in [-0.2, -0.15) is 0 Å². The second-order valence-electron chi connectivity index (χ2n) is 11.4. The van der Waals surface area contributed by atoms with E-state index in [1.54, 1.807) is 0 Å². The number of benzene rings is 4. The van der Waals surface area contributed by atoms with Gasteiger partial charge in [0.2, 0.25) is 5.91 Å². The number of hydrogen-bond acceptors (Lipinski definition) is 4. The number of carbonyl (C=O) groups excluding carboxylic acids is 2. The predicted octanol–water partition coefficient (Wildman–Crippen LogP) is 3.99. The van der Waals surface area contributed by atoms with Crippen molar-refractivity contribution in [2.24, 2.45) is 16.5 Å². The maximum atomic E-state index is 14.0. The van der Waals surface area contributed by atoms with E-state index in [4.69, 9.17) is 11.5 Å². The molecule has 2 atom stereocenters. The quantitative estimate of drug-likeness (QED) is 0.137. The zero-order chi connectivity index (χ0) is 29.8. The van der Waals surface area contributed by atoms with Crippen LogP contribution in [0.25, 0.3) is 21.9 Å². The van der Waals surface area contributed by atoms with Crippen molar-refractivity contribution >= 4 is 28.5 Å². The lowest BCUT2D eigenvalue weighted by molar-refractivity contribution is -0.133. The van der Waals surface area contributed by atoms with E-state index < -0.39 is 6.04 Å². The Morgan fingerprint density at radius 2 is 1.58 bits per heavy atom. The minimum Gasteiger partial charge on any atom is -0.370 e. The van der Waals surface area contributed by atoms with Crippen LogP contribution in [0.2, 0.25) is 0 Å². The molecule has 2 unspecified atom stereocenters. The Morgan fingerprint density at radius 1 is 0.907 bits per heavy atom. The smallest absolute Gasteiger partial charge is 0.251 e. The SMILES string of the molecule is NC(N)=NCCCC1NC(CNC(=O)c2ccc3ccccc3c2)CCN(CC2c3ccccc3-c3ccccc32)C1=O. The Morgan fingerprint density at radius 3 is 2.30 bits per heavy atom. The standard InChI is InChI=1S/C35H38N6O2/c36-35(37)38-18-7-14-32-34(43)41(22-31-29-12-5-3-10-27(29)28-11-4-6-13-30(28)31)19-17-26(40-32)21-39-33(42)25-16-15-23-8-1-2-9-24(23)20-25/h1-6,8-13,15-16,20,26,31-32,40H,7,14,17-19,21-22H2,(H,39,42)(H4,36,37,38). The highest BCUT2D eigenvalue weighted by Crippen LogP contribution is 2.45. The maximum Gasteiger partial charge on any atom is 0.251 e. The van der Waals surface area contributed by atoms with Gasteiger partial charge in [0.1, 0.15) is 0 Å². The van der Waals surface area contributed by atoms with Crippen molar-refractivity contribution in [3.8, 4) is 11.1 Å². The van der Waals surface area contributed by atoms with Gasteiger partial charge in [-0.3, -0.25) is 14.6 Å². The van der Waals surface area contributed by atoms with Crippen molar-refractivity contribution in [2.45, 2.75) is 37.3 Å². The predicted molar refractivity (Wildman–Crippen MR) is 172 cm³/mol. The third kappa shape index (κ3) is 6.24. The first-order valence-electron chi connectivity index (χ1n) is 15.0. The van der Waals surface area contributed by atoms with E-state index in [0.717, 1.165) is 17.2 Å². The second-order valence-corrected chi connectivity index (χ2v) is 11.4. The van der Waals surface area contributed by atoms with Crippen LogP contribution >= 0.6 is 0 Å². The minimum absolute atomic E-state index is 0.0506. The molecule has 1 fully saturated rings. The van der Waals surface area contributed by atoms with Crippen molar-refractivity contribution < 1.29 is 9.59 Å². The number of rotatable bonds is 9. The average molecular weight is 575 g/mol. The van der Waals surface area contributed by atoms with E-state index in [0.29, 0.717) is 44.6 Å². The molecule has 4 aromatic carbocycles. The second kappa shape index (κ2) is 12.7. The van der Waals surface area contributed by atoms with Gasteiger partial charge in [0.05, 0.1) is 6.04 Å². The molecule has 8 nitrogen and oxygen atoms in total. The summed E-state index contributed by atoms with van der Waals surface area (Å²) in [4.78, 5) is 33.2. The Balaban J connectivity index is 1.18. The summed E-state index contributed by atoms with van der Waals surface area (Å²) in [5, 5.41) is 8.80. The van der Waals surface area contributed by atoms with Gasteiger partial charge in [0.15, 0.2) is 5.96 Å². The van der Waals surface area contributed by atoms with Crippen LogP contribution in [0.3, 0.4) is 0 Å². The first-order valence-corrected chi connectivity index (χ1v) is 15.0. The van der Waals surface area contributed by atoms with E-state index in [1.807, 2.05) is 47.4 Å². The van der Waals surface area contributed by atoms with Crippen molar-refractivity contribution in [3.05, 3.63) is 108 Å². The average Bonchev–Trinajstić information content (AvgIpc) is 3.26. The molecule has 1 aliphatic carbocycles. The molecule has 0 radical (unpaired) electrons. The molecule has 0 spiro atoms. The number of nitrogens with zero attached hydrogens (tertiary/aromatic N) is 2. The van der Waals surface area contributed by atoms with Gasteiger partial charge in [-0.15, -0.1) is 0 Å².